The highest BCUT2D eigenvalue weighted by Gasteiger charge is 2.70. The van der Waals surface area contributed by atoms with Gasteiger partial charge in [-0.3, -0.25) is 19.9 Å². The molecule has 6 aliphatic heterocycles. The molecule has 0 radical (unpaired) electrons. The Morgan fingerprint density at radius 1 is 1.07 bits per heavy atom. The molecule has 7 heterocycles. The third-order valence-corrected chi connectivity index (χ3v) is 14.7. The predicted octanol–water partition coefficient (Wildman–Crippen LogP) is 4.46. The van der Waals surface area contributed by atoms with E-state index in [1.165, 1.54) is 6.92 Å². The van der Waals surface area contributed by atoms with E-state index in [-0.39, 0.29) is 31.8 Å². The van der Waals surface area contributed by atoms with Crippen molar-refractivity contribution in [2.45, 2.75) is 93.8 Å². The van der Waals surface area contributed by atoms with E-state index in [9.17, 15) is 24.9 Å². The van der Waals surface area contributed by atoms with E-state index in [2.05, 4.69) is 28.2 Å². The van der Waals surface area contributed by atoms with Crippen LogP contribution in [0, 0.1) is 13.8 Å². The molecular weight excluding hydrogens is 781 g/mol. The van der Waals surface area contributed by atoms with Crippen LogP contribution < -0.4 is 29.0 Å². The number of phenols is 1. The Balaban J connectivity index is 1.13. The van der Waals surface area contributed by atoms with Crippen LogP contribution in [0.5, 0.6) is 34.5 Å². The van der Waals surface area contributed by atoms with E-state index in [1.54, 1.807) is 26.0 Å². The summed E-state index contributed by atoms with van der Waals surface area (Å²) in [5, 5.41) is 38.8. The number of piperazine rings is 1. The summed E-state index contributed by atoms with van der Waals surface area (Å²) in [7, 11) is 3.14. The molecule has 1 aromatic heterocycles. The molecule has 6 aliphatic rings. The molecule has 4 aromatic rings. The number of aryl methyl sites for hydroxylation is 1. The van der Waals surface area contributed by atoms with Gasteiger partial charge < -0.3 is 48.7 Å². The second kappa shape index (κ2) is 13.7. The van der Waals surface area contributed by atoms with Crippen LogP contribution in [0.3, 0.4) is 0 Å². The molecule has 0 aliphatic carbocycles. The van der Waals surface area contributed by atoms with Crippen molar-refractivity contribution in [3.63, 3.8) is 0 Å². The van der Waals surface area contributed by atoms with Gasteiger partial charge in [0.05, 0.1) is 44.2 Å². The van der Waals surface area contributed by atoms with Gasteiger partial charge in [-0.1, -0.05) is 0 Å². The summed E-state index contributed by atoms with van der Waals surface area (Å²) >= 11 is 1.54. The molecule has 0 bridgehead atoms. The summed E-state index contributed by atoms with van der Waals surface area (Å²) in [5.74, 6) is 1.21. The van der Waals surface area contributed by atoms with Crippen molar-refractivity contribution < 1.29 is 53.3 Å². The van der Waals surface area contributed by atoms with Gasteiger partial charge in [-0.2, -0.15) is 11.8 Å². The Kier molecular flexibility index (Phi) is 8.91. The summed E-state index contributed by atoms with van der Waals surface area (Å²) < 4.78 is 36.0. The fraction of sp³-hybridized carbons (Fsp3) is 0.488. The molecule has 0 saturated carbocycles. The van der Waals surface area contributed by atoms with Gasteiger partial charge in [0.25, 0.3) is 0 Å². The predicted molar refractivity (Wildman–Crippen MR) is 215 cm³/mol. The van der Waals surface area contributed by atoms with E-state index in [0.29, 0.717) is 64.0 Å². The number of methoxy groups -OCH3 is 2. The number of carbonyl (C=O) groups excluding carboxylic acids is 2. The van der Waals surface area contributed by atoms with E-state index >= 15 is 0 Å². The molecule has 10 rings (SSSR count). The Bertz CT molecular complexity index is 2460. The van der Waals surface area contributed by atoms with E-state index in [4.69, 9.17) is 28.4 Å². The Labute approximate surface area is 344 Å². The monoisotopic (exact) mass is 828 g/mol. The van der Waals surface area contributed by atoms with Crippen molar-refractivity contribution in [3.05, 3.63) is 68.9 Å². The maximum Gasteiger partial charge on any atom is 0.329 e. The molecule has 3 aromatic carbocycles. The Hall–Kier alpha value is -4.71. The first-order valence-electron chi connectivity index (χ1n) is 19.9. The van der Waals surface area contributed by atoms with Gasteiger partial charge in [0.1, 0.15) is 30.4 Å². The third-order valence-electron chi connectivity index (χ3n) is 13.7. The van der Waals surface area contributed by atoms with Gasteiger partial charge in [0.2, 0.25) is 6.79 Å². The van der Waals surface area contributed by atoms with Crippen LogP contribution in [-0.4, -0.2) is 107 Å². The molecule has 1 unspecified atom stereocenters. The van der Waals surface area contributed by atoms with E-state index in [1.807, 2.05) is 43.2 Å². The number of hydrogen-bond donors (Lipinski definition) is 5. The third kappa shape index (κ3) is 5.19. The molecule has 9 atom stereocenters. The van der Waals surface area contributed by atoms with Crippen molar-refractivity contribution >= 4 is 34.6 Å². The van der Waals surface area contributed by atoms with Gasteiger partial charge in [0, 0.05) is 63.4 Å². The molecule has 0 spiro atoms. The van der Waals surface area contributed by atoms with Gasteiger partial charge in [-0.15, -0.1) is 0 Å². The minimum Gasteiger partial charge on any atom is -0.504 e. The lowest BCUT2D eigenvalue weighted by Gasteiger charge is -2.66. The quantitative estimate of drug-likeness (QED) is 0.124. The average Bonchev–Trinajstić information content (AvgIpc) is 3.90. The normalized spacial score (nSPS) is 29.8. The lowest BCUT2D eigenvalue weighted by Crippen LogP contribution is -2.75. The summed E-state index contributed by atoms with van der Waals surface area (Å²) in [6.45, 7) is 6.74. The van der Waals surface area contributed by atoms with Gasteiger partial charge in [-0.25, -0.2) is 4.79 Å². The largest absolute Gasteiger partial charge is 0.504 e. The highest BCUT2D eigenvalue weighted by Crippen LogP contribution is 2.70. The number of aliphatic hydroxyl groups excluding tert-OH is 2. The van der Waals surface area contributed by atoms with Gasteiger partial charge in [0.15, 0.2) is 23.0 Å². The molecule has 59 heavy (non-hydrogen) atoms. The topological polar surface area (TPSA) is 185 Å². The van der Waals surface area contributed by atoms with Crippen LogP contribution >= 0.6 is 11.8 Å². The van der Waals surface area contributed by atoms with Crippen molar-refractivity contribution in [2.24, 2.45) is 0 Å². The van der Waals surface area contributed by atoms with Crippen LogP contribution in [0.15, 0.2) is 24.3 Å². The van der Waals surface area contributed by atoms with Crippen LogP contribution in [0.2, 0.25) is 0 Å². The first-order chi connectivity index (χ1) is 28.4. The number of aromatic hydroxyl groups is 1. The number of aliphatic hydroxyl groups is 2. The number of esters is 2. The Morgan fingerprint density at radius 2 is 1.85 bits per heavy atom. The zero-order valence-corrected chi connectivity index (χ0v) is 34.7. The van der Waals surface area contributed by atoms with Crippen LogP contribution in [0.1, 0.15) is 88.3 Å². The summed E-state index contributed by atoms with van der Waals surface area (Å²) in [6.07, 6.45) is 2.04. The smallest absolute Gasteiger partial charge is 0.329 e. The summed E-state index contributed by atoms with van der Waals surface area (Å²) in [6, 6.07) is 4.24. The molecule has 312 valence electrons. The van der Waals surface area contributed by atoms with Crippen LogP contribution in [0.25, 0.3) is 10.9 Å². The number of thioether (sulfide) groups is 1. The number of carbonyl (C=O) groups is 2. The number of nitrogens with zero attached hydrogens (tertiary/aromatic N) is 2. The molecule has 15 nitrogen and oxygen atoms in total. The summed E-state index contributed by atoms with van der Waals surface area (Å²) in [5.41, 5.74) is 6.27. The van der Waals surface area contributed by atoms with Gasteiger partial charge >= 0.3 is 11.9 Å². The molecule has 16 heteroatoms. The van der Waals surface area contributed by atoms with E-state index in [0.717, 1.165) is 33.2 Å². The maximum absolute atomic E-state index is 14.6. The molecule has 2 fully saturated rings. The number of benzene rings is 3. The molecule has 0 amide bonds. The fourth-order valence-corrected chi connectivity index (χ4v) is 12.4. The first-order valence-corrected chi connectivity index (χ1v) is 21.2. The average molecular weight is 829 g/mol. The molecular formula is C43H48N4O11S. The van der Waals surface area contributed by atoms with Crippen LogP contribution in [-0.2, 0) is 26.3 Å². The Morgan fingerprint density at radius 3 is 2.56 bits per heavy atom. The second-order valence-electron chi connectivity index (χ2n) is 16.6. The lowest BCUT2D eigenvalue weighted by molar-refractivity contribution is -0.249. The van der Waals surface area contributed by atoms with Crippen molar-refractivity contribution in [1.82, 2.24) is 20.1 Å². The number of rotatable bonds is 8. The number of phenolic OH excluding ortho intramolecular Hbond substituents is 1. The minimum atomic E-state index is -1.03. The number of ether oxygens (including phenoxy) is 6. The number of nitrogens with one attached hydrogen (secondary N) is 2. The van der Waals surface area contributed by atoms with E-state index < -0.39 is 59.2 Å². The van der Waals surface area contributed by atoms with Crippen molar-refractivity contribution in [3.8, 4) is 34.5 Å². The standard InChI is InChI=1S/C43H48N4O11S/c1-17-10-24-28(35(50)36(17)54-6)33-34-40(59-7)30-29(39-38(56-16-57-39)18(2)37(30)58-19(3)49)27(46(34)41(51)26-13-43(24,4)47(26)33)15-55-42(52)32-31-23(11-20(14-48)44-32)22-12-21(53-5)8-9-25(22)45-31/h8-10,12,20,26-27,32-34,40-41,44-45,48,50-51H,11,13-16H2,1-7H3/t20-,26-,27-,32+,33+,34?,40+,41-,43+/m0/s1. The lowest BCUT2D eigenvalue weighted by atomic mass is 9.72. The van der Waals surface area contributed by atoms with Gasteiger partial charge in [-0.05, 0) is 80.8 Å². The first kappa shape index (κ1) is 38.5. The number of fused-ring (bicyclic) bond motifs is 11. The number of hydrogen-bond acceptors (Lipinski definition) is 15. The number of H-pyrrole nitrogens is 1. The minimum absolute atomic E-state index is 0.0579. The zero-order chi connectivity index (χ0) is 41.4. The summed E-state index contributed by atoms with van der Waals surface area (Å²) in [4.78, 5) is 35.2. The number of aromatic amines is 1. The number of aromatic nitrogens is 1. The SMILES string of the molecule is COc1ccc2[nH]c3c(c2c1)C[C@@H](CO)N[C@H]3C(=O)OC[C@H]1c2c3c(c(C)c(OC(C)=O)c2[C@@H](SC)C2[C@H]4c5c(cc(C)c(OC)c5O)[C@@]5(C)C[C@@H]([C@H](O)N21)N45)OCO3. The van der Waals surface area contributed by atoms with Crippen LogP contribution in [0.4, 0.5) is 0 Å². The fourth-order valence-electron chi connectivity index (χ4n) is 11.4. The van der Waals surface area contributed by atoms with Crippen molar-refractivity contribution in [2.75, 3.05) is 40.5 Å². The highest BCUT2D eigenvalue weighted by molar-refractivity contribution is 7.98. The maximum atomic E-state index is 14.6. The van der Waals surface area contributed by atoms with Crippen molar-refractivity contribution in [1.29, 1.82) is 0 Å². The zero-order valence-electron chi connectivity index (χ0n) is 33.9. The molecule has 5 N–H and O–H groups in total. The highest BCUT2D eigenvalue weighted by atomic mass is 32.2. The second-order valence-corrected chi connectivity index (χ2v) is 17.6. The molecule has 2 saturated heterocycles.